The van der Waals surface area contributed by atoms with E-state index in [9.17, 15) is 9.90 Å². The van der Waals surface area contributed by atoms with Crippen LogP contribution in [0, 0.1) is 17.2 Å². The third-order valence-corrected chi connectivity index (χ3v) is 3.54. The molecule has 1 aliphatic heterocycles. The van der Waals surface area contributed by atoms with E-state index < -0.39 is 11.6 Å². The SMILES string of the molecule is CC(C)(O)C(N)C(=O)N1C(C#N)CC2C[C@@H]21. The molecule has 1 saturated heterocycles. The zero-order chi connectivity index (χ0) is 12.1. The number of likely N-dealkylation sites (tertiary alicyclic amines) is 1. The maximum absolute atomic E-state index is 12.1. The first kappa shape index (κ1) is 11.4. The first-order chi connectivity index (χ1) is 7.36. The highest BCUT2D eigenvalue weighted by molar-refractivity contribution is 5.84. The normalized spacial score (nSPS) is 34.2. The maximum atomic E-state index is 12.1. The number of carbonyl (C=O) groups excluding carboxylic acids is 1. The van der Waals surface area contributed by atoms with Crippen molar-refractivity contribution in [2.45, 2.75) is 50.4 Å². The molecule has 3 unspecified atom stereocenters. The van der Waals surface area contributed by atoms with Crippen LogP contribution in [-0.2, 0) is 4.79 Å². The van der Waals surface area contributed by atoms with Gasteiger partial charge in [-0.25, -0.2) is 0 Å². The molecular weight excluding hydrogens is 206 g/mol. The summed E-state index contributed by atoms with van der Waals surface area (Å²) in [4.78, 5) is 13.7. The van der Waals surface area contributed by atoms with Crippen LogP contribution < -0.4 is 5.73 Å². The van der Waals surface area contributed by atoms with Crippen molar-refractivity contribution in [2.75, 3.05) is 0 Å². The lowest BCUT2D eigenvalue weighted by atomic mass is 9.98. The summed E-state index contributed by atoms with van der Waals surface area (Å²) in [7, 11) is 0. The summed E-state index contributed by atoms with van der Waals surface area (Å²) >= 11 is 0. The van der Waals surface area contributed by atoms with E-state index in [2.05, 4.69) is 6.07 Å². The molecule has 5 heteroatoms. The molecule has 2 fully saturated rings. The molecule has 1 heterocycles. The Balaban J connectivity index is 2.13. The minimum Gasteiger partial charge on any atom is -0.388 e. The fourth-order valence-electron chi connectivity index (χ4n) is 2.35. The highest BCUT2D eigenvalue weighted by Crippen LogP contribution is 2.47. The predicted octanol–water partition coefficient (Wildman–Crippen LogP) is -0.402. The van der Waals surface area contributed by atoms with Crippen LogP contribution in [0.2, 0.25) is 0 Å². The Kier molecular flexibility index (Phi) is 2.44. The van der Waals surface area contributed by atoms with Gasteiger partial charge in [0.15, 0.2) is 0 Å². The fraction of sp³-hybridized carbons (Fsp3) is 0.818. The summed E-state index contributed by atoms with van der Waals surface area (Å²) in [5.41, 5.74) is 4.48. The van der Waals surface area contributed by atoms with Gasteiger partial charge >= 0.3 is 0 Å². The predicted molar refractivity (Wildman–Crippen MR) is 57.0 cm³/mol. The first-order valence-corrected chi connectivity index (χ1v) is 5.56. The average molecular weight is 223 g/mol. The minimum atomic E-state index is -1.25. The molecule has 2 aliphatic rings. The highest BCUT2D eigenvalue weighted by atomic mass is 16.3. The Labute approximate surface area is 94.8 Å². The number of amides is 1. The molecule has 88 valence electrons. The van der Waals surface area contributed by atoms with Crippen molar-refractivity contribution in [3.63, 3.8) is 0 Å². The lowest BCUT2D eigenvalue weighted by molar-refractivity contribution is -0.138. The zero-order valence-corrected chi connectivity index (χ0v) is 9.55. The monoisotopic (exact) mass is 223 g/mol. The van der Waals surface area contributed by atoms with Gasteiger partial charge in [-0.15, -0.1) is 0 Å². The molecule has 1 amide bonds. The Morgan fingerprint density at radius 2 is 2.25 bits per heavy atom. The van der Waals surface area contributed by atoms with Gasteiger partial charge < -0.3 is 15.7 Å². The lowest BCUT2D eigenvalue weighted by Crippen LogP contribution is -2.56. The Morgan fingerprint density at radius 3 is 2.75 bits per heavy atom. The van der Waals surface area contributed by atoms with E-state index in [4.69, 9.17) is 11.0 Å². The van der Waals surface area contributed by atoms with Crippen molar-refractivity contribution in [3.8, 4) is 6.07 Å². The van der Waals surface area contributed by atoms with E-state index in [-0.39, 0.29) is 18.0 Å². The van der Waals surface area contributed by atoms with E-state index >= 15 is 0 Å². The van der Waals surface area contributed by atoms with Crippen LogP contribution in [0.25, 0.3) is 0 Å². The molecule has 0 aromatic rings. The van der Waals surface area contributed by atoms with Crippen LogP contribution in [-0.4, -0.2) is 39.6 Å². The first-order valence-electron chi connectivity index (χ1n) is 5.56. The van der Waals surface area contributed by atoms with Crippen LogP contribution >= 0.6 is 0 Å². The van der Waals surface area contributed by atoms with Crippen LogP contribution in [0.4, 0.5) is 0 Å². The number of nitriles is 1. The molecule has 3 N–H and O–H groups in total. The van der Waals surface area contributed by atoms with Crippen molar-refractivity contribution < 1.29 is 9.90 Å². The molecule has 0 spiro atoms. The van der Waals surface area contributed by atoms with Gasteiger partial charge in [-0.1, -0.05) is 0 Å². The van der Waals surface area contributed by atoms with Crippen molar-refractivity contribution in [1.29, 1.82) is 5.26 Å². The molecule has 0 aromatic carbocycles. The number of hydrogen-bond donors (Lipinski definition) is 2. The third kappa shape index (κ3) is 1.68. The van der Waals surface area contributed by atoms with Crippen LogP contribution in [0.3, 0.4) is 0 Å². The maximum Gasteiger partial charge on any atom is 0.243 e. The second kappa shape index (κ2) is 3.44. The average Bonchev–Trinajstić information content (AvgIpc) is 2.86. The molecule has 1 aliphatic carbocycles. The molecule has 0 radical (unpaired) electrons. The van der Waals surface area contributed by atoms with E-state index in [0.717, 1.165) is 12.8 Å². The van der Waals surface area contributed by atoms with Crippen LogP contribution in [0.15, 0.2) is 0 Å². The summed E-state index contributed by atoms with van der Waals surface area (Å²) in [5, 5.41) is 18.7. The van der Waals surface area contributed by atoms with Gasteiger partial charge in [0.05, 0.1) is 11.7 Å². The van der Waals surface area contributed by atoms with Crippen LogP contribution in [0.5, 0.6) is 0 Å². The molecule has 0 bridgehead atoms. The number of piperidine rings is 1. The standard InChI is InChI=1S/C11H17N3O2/c1-11(2,16)9(13)10(15)14-7(5-12)3-6-4-8(6)14/h6-9,16H,3-4,13H2,1-2H3/t6?,7?,8-,9?/m0/s1. The number of nitrogens with two attached hydrogens (primary N) is 1. The molecule has 0 aromatic heterocycles. The second-order valence-corrected chi connectivity index (χ2v) is 5.32. The van der Waals surface area contributed by atoms with E-state index in [1.54, 1.807) is 4.90 Å². The van der Waals surface area contributed by atoms with Gasteiger partial charge in [-0.05, 0) is 32.6 Å². The number of hydrogen-bond acceptors (Lipinski definition) is 4. The number of carbonyl (C=O) groups is 1. The summed E-state index contributed by atoms with van der Waals surface area (Å²) < 4.78 is 0. The van der Waals surface area contributed by atoms with Crippen molar-refractivity contribution in [3.05, 3.63) is 0 Å². The Bertz CT molecular complexity index is 355. The number of aliphatic hydroxyl groups is 1. The van der Waals surface area contributed by atoms with Crippen molar-refractivity contribution in [2.24, 2.45) is 11.7 Å². The van der Waals surface area contributed by atoms with E-state index in [1.807, 2.05) is 0 Å². The summed E-state index contributed by atoms with van der Waals surface area (Å²) in [6.07, 6.45) is 1.73. The number of nitrogens with zero attached hydrogens (tertiary/aromatic N) is 2. The lowest BCUT2D eigenvalue weighted by Gasteiger charge is -2.31. The van der Waals surface area contributed by atoms with Gasteiger partial charge in [0.2, 0.25) is 5.91 Å². The molecule has 5 nitrogen and oxygen atoms in total. The van der Waals surface area contributed by atoms with Gasteiger partial charge in [0.25, 0.3) is 0 Å². The summed E-state index contributed by atoms with van der Waals surface area (Å²) in [6.45, 7) is 3.02. The minimum absolute atomic E-state index is 0.186. The van der Waals surface area contributed by atoms with Gasteiger partial charge in [0.1, 0.15) is 12.1 Å². The molecular formula is C11H17N3O2. The Hall–Kier alpha value is -1.12. The van der Waals surface area contributed by atoms with E-state index in [1.165, 1.54) is 13.8 Å². The summed E-state index contributed by atoms with van der Waals surface area (Å²) in [6, 6.07) is 1.00. The van der Waals surface area contributed by atoms with Gasteiger partial charge in [0, 0.05) is 6.04 Å². The highest BCUT2D eigenvalue weighted by Gasteiger charge is 2.55. The fourth-order valence-corrected chi connectivity index (χ4v) is 2.35. The zero-order valence-electron chi connectivity index (χ0n) is 9.55. The van der Waals surface area contributed by atoms with Gasteiger partial charge in [-0.2, -0.15) is 5.26 Å². The molecule has 1 saturated carbocycles. The van der Waals surface area contributed by atoms with Crippen molar-refractivity contribution in [1.82, 2.24) is 4.90 Å². The van der Waals surface area contributed by atoms with E-state index in [0.29, 0.717) is 5.92 Å². The number of fused-ring (bicyclic) bond motifs is 1. The summed E-state index contributed by atoms with van der Waals surface area (Å²) in [5.74, 6) is 0.173. The largest absolute Gasteiger partial charge is 0.388 e. The molecule has 16 heavy (non-hydrogen) atoms. The molecule has 2 rings (SSSR count). The van der Waals surface area contributed by atoms with Crippen molar-refractivity contribution >= 4 is 5.91 Å². The quantitative estimate of drug-likeness (QED) is 0.666. The van der Waals surface area contributed by atoms with Gasteiger partial charge in [-0.3, -0.25) is 4.79 Å². The topological polar surface area (TPSA) is 90.3 Å². The van der Waals surface area contributed by atoms with Crippen LogP contribution in [0.1, 0.15) is 26.7 Å². The molecule has 4 atom stereocenters. The smallest absolute Gasteiger partial charge is 0.243 e. The third-order valence-electron chi connectivity index (χ3n) is 3.54. The number of rotatable bonds is 2. The second-order valence-electron chi connectivity index (χ2n) is 5.32. The Morgan fingerprint density at radius 1 is 1.62 bits per heavy atom.